The zero-order valence-corrected chi connectivity index (χ0v) is 16.0. The zero-order valence-electron chi connectivity index (χ0n) is 16.0. The third kappa shape index (κ3) is 3.19. The third-order valence-electron chi connectivity index (χ3n) is 4.98. The number of aromatic nitrogens is 2. The standard InChI is InChI=1S/C21H21N3O4/c1-13-5-4-6-19(22-13)23-20(25)21(9-10-21)18-12-16(28-24-18)14-7-8-15(26-2)17(11-14)27-3/h4-8,11-12H,9-10H2,1-3H3,(H,22,23,25). The molecule has 1 aromatic carbocycles. The highest BCUT2D eigenvalue weighted by atomic mass is 16.5. The van der Waals surface area contributed by atoms with Gasteiger partial charge in [-0.15, -0.1) is 0 Å². The van der Waals surface area contributed by atoms with Gasteiger partial charge in [-0.2, -0.15) is 0 Å². The van der Waals surface area contributed by atoms with Crippen molar-refractivity contribution in [2.75, 3.05) is 19.5 Å². The van der Waals surface area contributed by atoms with Gasteiger partial charge in [-0.3, -0.25) is 4.79 Å². The van der Waals surface area contributed by atoms with E-state index in [2.05, 4.69) is 15.5 Å². The number of nitrogens with one attached hydrogen (secondary N) is 1. The summed E-state index contributed by atoms with van der Waals surface area (Å²) >= 11 is 0. The maximum atomic E-state index is 12.9. The van der Waals surface area contributed by atoms with E-state index in [0.717, 1.165) is 24.1 Å². The number of hydrogen-bond acceptors (Lipinski definition) is 6. The average molecular weight is 379 g/mol. The number of ether oxygens (including phenoxy) is 2. The van der Waals surface area contributed by atoms with Gasteiger partial charge in [0.1, 0.15) is 5.82 Å². The van der Waals surface area contributed by atoms with E-state index in [4.69, 9.17) is 14.0 Å². The van der Waals surface area contributed by atoms with Gasteiger partial charge in [0.25, 0.3) is 0 Å². The van der Waals surface area contributed by atoms with Crippen LogP contribution in [0.3, 0.4) is 0 Å². The van der Waals surface area contributed by atoms with Gasteiger partial charge in [-0.05, 0) is 50.1 Å². The van der Waals surface area contributed by atoms with Crippen LogP contribution >= 0.6 is 0 Å². The van der Waals surface area contributed by atoms with Gasteiger partial charge >= 0.3 is 0 Å². The molecule has 0 atom stereocenters. The van der Waals surface area contributed by atoms with Crippen molar-refractivity contribution in [1.29, 1.82) is 0 Å². The van der Waals surface area contributed by atoms with Gasteiger partial charge in [0.15, 0.2) is 17.3 Å². The summed E-state index contributed by atoms with van der Waals surface area (Å²) in [5.41, 5.74) is 1.61. The minimum atomic E-state index is -0.663. The monoisotopic (exact) mass is 379 g/mol. The average Bonchev–Trinajstić information content (AvgIpc) is 3.37. The van der Waals surface area contributed by atoms with E-state index >= 15 is 0 Å². The first-order valence-corrected chi connectivity index (χ1v) is 9.00. The lowest BCUT2D eigenvalue weighted by Gasteiger charge is -2.12. The van der Waals surface area contributed by atoms with Crippen LogP contribution in [0.2, 0.25) is 0 Å². The number of nitrogens with zero attached hydrogens (tertiary/aromatic N) is 2. The van der Waals surface area contributed by atoms with Crippen molar-refractivity contribution in [1.82, 2.24) is 10.1 Å². The zero-order chi connectivity index (χ0) is 19.7. The molecule has 2 aromatic heterocycles. The van der Waals surface area contributed by atoms with Crippen LogP contribution in [0.25, 0.3) is 11.3 Å². The Labute approximate surface area is 162 Å². The van der Waals surface area contributed by atoms with Crippen LogP contribution in [-0.2, 0) is 10.2 Å². The minimum Gasteiger partial charge on any atom is -0.493 e. The molecule has 4 rings (SSSR count). The van der Waals surface area contributed by atoms with Crippen molar-refractivity contribution in [3.63, 3.8) is 0 Å². The van der Waals surface area contributed by atoms with E-state index in [-0.39, 0.29) is 5.91 Å². The number of carbonyl (C=O) groups is 1. The molecule has 1 aliphatic carbocycles. The number of carbonyl (C=O) groups excluding carboxylic acids is 1. The second-order valence-corrected chi connectivity index (χ2v) is 6.85. The Kier molecular flexibility index (Phi) is 4.50. The Bertz CT molecular complexity index is 1020. The Morgan fingerprint density at radius 2 is 1.89 bits per heavy atom. The lowest BCUT2D eigenvalue weighted by Crippen LogP contribution is -2.28. The summed E-state index contributed by atoms with van der Waals surface area (Å²) in [6, 6.07) is 12.8. The summed E-state index contributed by atoms with van der Waals surface area (Å²) in [7, 11) is 3.17. The molecule has 0 unspecified atom stereocenters. The van der Waals surface area contributed by atoms with Crippen LogP contribution in [0.15, 0.2) is 47.0 Å². The smallest absolute Gasteiger partial charge is 0.237 e. The van der Waals surface area contributed by atoms with Gasteiger partial charge in [0.05, 0.1) is 25.3 Å². The first kappa shape index (κ1) is 18.0. The van der Waals surface area contributed by atoms with Crippen LogP contribution in [0.5, 0.6) is 11.5 Å². The quantitative estimate of drug-likeness (QED) is 0.702. The number of hydrogen-bond donors (Lipinski definition) is 1. The lowest BCUT2D eigenvalue weighted by atomic mass is 10.00. The van der Waals surface area contributed by atoms with Crippen molar-refractivity contribution >= 4 is 11.7 Å². The summed E-state index contributed by atoms with van der Waals surface area (Å²) in [6.07, 6.45) is 1.45. The van der Waals surface area contributed by atoms with Crippen molar-refractivity contribution < 1.29 is 18.8 Å². The molecule has 0 bridgehead atoms. The fraction of sp³-hybridized carbons (Fsp3) is 0.286. The minimum absolute atomic E-state index is 0.113. The Morgan fingerprint density at radius 3 is 2.57 bits per heavy atom. The first-order valence-electron chi connectivity index (χ1n) is 9.00. The second kappa shape index (κ2) is 6.99. The molecule has 7 heteroatoms. The fourth-order valence-electron chi connectivity index (χ4n) is 3.20. The molecule has 1 saturated carbocycles. The van der Waals surface area contributed by atoms with E-state index in [9.17, 15) is 4.79 Å². The maximum Gasteiger partial charge on any atom is 0.237 e. The first-order chi connectivity index (χ1) is 13.6. The topological polar surface area (TPSA) is 86.5 Å². The molecule has 7 nitrogen and oxygen atoms in total. The van der Waals surface area contributed by atoms with E-state index in [1.807, 2.05) is 37.3 Å². The summed E-state index contributed by atoms with van der Waals surface area (Å²) in [5.74, 6) is 2.23. The number of aryl methyl sites for hydroxylation is 1. The van der Waals surface area contributed by atoms with Gasteiger partial charge in [-0.1, -0.05) is 11.2 Å². The summed E-state index contributed by atoms with van der Waals surface area (Å²) in [5, 5.41) is 7.07. The van der Waals surface area contributed by atoms with Gasteiger partial charge in [0, 0.05) is 17.3 Å². The summed E-state index contributed by atoms with van der Waals surface area (Å²) in [6.45, 7) is 1.88. The molecule has 1 aliphatic rings. The third-order valence-corrected chi connectivity index (χ3v) is 4.98. The highest BCUT2D eigenvalue weighted by molar-refractivity contribution is 6.00. The van der Waals surface area contributed by atoms with E-state index in [0.29, 0.717) is 28.8 Å². The highest BCUT2D eigenvalue weighted by Crippen LogP contribution is 2.49. The second-order valence-electron chi connectivity index (χ2n) is 6.85. The van der Waals surface area contributed by atoms with Crippen LogP contribution in [0, 0.1) is 6.92 Å². The SMILES string of the molecule is COc1ccc(-c2cc(C3(C(=O)Nc4cccc(C)n4)CC3)no2)cc1OC. The van der Waals surface area contributed by atoms with E-state index in [1.54, 1.807) is 26.4 Å². The Morgan fingerprint density at radius 1 is 1.11 bits per heavy atom. The molecular weight excluding hydrogens is 358 g/mol. The highest BCUT2D eigenvalue weighted by Gasteiger charge is 2.54. The van der Waals surface area contributed by atoms with E-state index in [1.165, 1.54) is 0 Å². The van der Waals surface area contributed by atoms with Crippen LogP contribution in [0.1, 0.15) is 24.2 Å². The lowest BCUT2D eigenvalue weighted by molar-refractivity contribution is -0.118. The van der Waals surface area contributed by atoms with Gasteiger partial charge in [0.2, 0.25) is 5.91 Å². The normalized spacial score (nSPS) is 14.4. The Hall–Kier alpha value is -3.35. The number of benzene rings is 1. The van der Waals surface area contributed by atoms with Crippen LogP contribution < -0.4 is 14.8 Å². The number of rotatable bonds is 6. The molecule has 1 amide bonds. The molecule has 1 fully saturated rings. The number of methoxy groups -OCH3 is 2. The fourth-order valence-corrected chi connectivity index (χ4v) is 3.20. The molecule has 0 spiro atoms. The number of amides is 1. The molecule has 0 aliphatic heterocycles. The van der Waals surface area contributed by atoms with Crippen molar-refractivity contribution in [3.8, 4) is 22.8 Å². The molecular formula is C21H21N3O4. The number of pyridine rings is 1. The molecule has 3 aromatic rings. The van der Waals surface area contributed by atoms with E-state index < -0.39 is 5.41 Å². The predicted octanol–water partition coefficient (Wildman–Crippen LogP) is 3.73. The van der Waals surface area contributed by atoms with Gasteiger partial charge < -0.3 is 19.3 Å². The molecule has 0 saturated heterocycles. The molecule has 144 valence electrons. The number of anilines is 1. The Balaban J connectivity index is 1.57. The molecule has 2 heterocycles. The predicted molar refractivity (Wildman–Crippen MR) is 104 cm³/mol. The summed E-state index contributed by atoms with van der Waals surface area (Å²) < 4.78 is 16.1. The molecule has 0 radical (unpaired) electrons. The van der Waals surface area contributed by atoms with Crippen LogP contribution in [0.4, 0.5) is 5.82 Å². The van der Waals surface area contributed by atoms with Crippen molar-refractivity contribution in [2.24, 2.45) is 0 Å². The maximum absolute atomic E-state index is 12.9. The van der Waals surface area contributed by atoms with Crippen molar-refractivity contribution in [2.45, 2.75) is 25.2 Å². The molecule has 28 heavy (non-hydrogen) atoms. The largest absolute Gasteiger partial charge is 0.493 e. The summed E-state index contributed by atoms with van der Waals surface area (Å²) in [4.78, 5) is 17.2. The van der Waals surface area contributed by atoms with Crippen LogP contribution in [-0.4, -0.2) is 30.3 Å². The van der Waals surface area contributed by atoms with Gasteiger partial charge in [-0.25, -0.2) is 4.98 Å². The van der Waals surface area contributed by atoms with Crippen molar-refractivity contribution in [3.05, 3.63) is 53.9 Å². The molecule has 1 N–H and O–H groups in total.